The van der Waals surface area contributed by atoms with Gasteiger partial charge in [0.05, 0.1) is 14.2 Å². The maximum absolute atomic E-state index is 12.7. The Morgan fingerprint density at radius 3 is 2.35 bits per heavy atom. The third-order valence-corrected chi connectivity index (χ3v) is 2.16. The summed E-state index contributed by atoms with van der Waals surface area (Å²) in [6, 6.07) is 2.34. The molecule has 0 saturated heterocycles. The van der Waals surface area contributed by atoms with Crippen LogP contribution < -0.4 is 9.47 Å². The molecule has 1 N–H and O–H groups in total. The molecule has 0 spiro atoms. The first-order valence-corrected chi connectivity index (χ1v) is 4.63. The van der Waals surface area contributed by atoms with Crippen LogP contribution in [0.3, 0.4) is 0 Å². The number of hydrogen-bond donors (Lipinski definition) is 1. The average Bonchev–Trinajstić information content (AvgIpc) is 2.35. The molecular formula is C11H11FO5. The molecule has 0 aliphatic carbocycles. The standard InChI is InChI=1S/C11H11FO5/c1-16-8-4-6(9(13)11(14)15)3-7(5-12)10(8)17-2/h3-4H,5H2,1-2H3,(H,14,15). The molecular weight excluding hydrogens is 231 g/mol. The van der Waals surface area contributed by atoms with Crippen LogP contribution in [-0.4, -0.2) is 31.1 Å². The van der Waals surface area contributed by atoms with Crippen molar-refractivity contribution in [1.29, 1.82) is 0 Å². The summed E-state index contributed by atoms with van der Waals surface area (Å²) in [5.74, 6) is -2.47. The summed E-state index contributed by atoms with van der Waals surface area (Å²) in [4.78, 5) is 21.8. The van der Waals surface area contributed by atoms with E-state index < -0.39 is 18.4 Å². The first-order valence-electron chi connectivity index (χ1n) is 4.63. The number of ketones is 1. The minimum absolute atomic E-state index is 0.0662. The zero-order valence-electron chi connectivity index (χ0n) is 9.32. The van der Waals surface area contributed by atoms with Crippen LogP contribution in [0.25, 0.3) is 0 Å². The van der Waals surface area contributed by atoms with E-state index in [1.165, 1.54) is 20.3 Å². The van der Waals surface area contributed by atoms with E-state index in [9.17, 15) is 14.0 Å². The van der Waals surface area contributed by atoms with Crippen molar-refractivity contribution < 1.29 is 28.6 Å². The molecule has 0 saturated carbocycles. The minimum Gasteiger partial charge on any atom is -0.493 e. The lowest BCUT2D eigenvalue weighted by Crippen LogP contribution is -2.13. The van der Waals surface area contributed by atoms with Crippen LogP contribution in [0.5, 0.6) is 11.5 Å². The molecule has 6 heteroatoms. The van der Waals surface area contributed by atoms with Crippen molar-refractivity contribution in [2.45, 2.75) is 6.67 Å². The Balaban J connectivity index is 3.37. The summed E-state index contributed by atoms with van der Waals surface area (Å²) in [6.45, 7) is -0.889. The Morgan fingerprint density at radius 2 is 1.94 bits per heavy atom. The smallest absolute Gasteiger partial charge is 0.377 e. The van der Waals surface area contributed by atoms with Crippen molar-refractivity contribution in [3.05, 3.63) is 23.3 Å². The number of carbonyl (C=O) groups is 2. The van der Waals surface area contributed by atoms with Crippen molar-refractivity contribution in [1.82, 2.24) is 0 Å². The van der Waals surface area contributed by atoms with Gasteiger partial charge in [-0.05, 0) is 12.1 Å². The lowest BCUT2D eigenvalue weighted by molar-refractivity contribution is -0.131. The maximum Gasteiger partial charge on any atom is 0.377 e. The number of carboxylic acid groups (broad SMARTS) is 1. The van der Waals surface area contributed by atoms with Gasteiger partial charge in [-0.15, -0.1) is 0 Å². The van der Waals surface area contributed by atoms with Gasteiger partial charge in [0.25, 0.3) is 5.78 Å². The van der Waals surface area contributed by atoms with E-state index >= 15 is 0 Å². The predicted molar refractivity (Wildman–Crippen MR) is 56.3 cm³/mol. The fourth-order valence-corrected chi connectivity index (χ4v) is 1.40. The van der Waals surface area contributed by atoms with Crippen molar-refractivity contribution >= 4 is 11.8 Å². The molecule has 0 heterocycles. The third-order valence-electron chi connectivity index (χ3n) is 2.16. The number of rotatable bonds is 5. The molecule has 92 valence electrons. The van der Waals surface area contributed by atoms with Crippen molar-refractivity contribution in [2.75, 3.05) is 14.2 Å². The molecule has 0 fully saturated rings. The lowest BCUT2D eigenvalue weighted by Gasteiger charge is -2.12. The topological polar surface area (TPSA) is 72.8 Å². The molecule has 0 aliphatic rings. The Labute approximate surface area is 96.8 Å². The van der Waals surface area contributed by atoms with Crippen molar-refractivity contribution in [3.8, 4) is 11.5 Å². The van der Waals surface area contributed by atoms with Crippen molar-refractivity contribution in [3.63, 3.8) is 0 Å². The van der Waals surface area contributed by atoms with Gasteiger partial charge in [-0.1, -0.05) is 0 Å². The molecule has 1 rings (SSSR count). The van der Waals surface area contributed by atoms with Crippen LogP contribution in [0.2, 0.25) is 0 Å². The number of benzene rings is 1. The summed E-state index contributed by atoms with van der Waals surface area (Å²) in [5, 5.41) is 8.57. The van der Waals surface area contributed by atoms with Crippen LogP contribution in [0.15, 0.2) is 12.1 Å². The quantitative estimate of drug-likeness (QED) is 0.624. The highest BCUT2D eigenvalue weighted by atomic mass is 19.1. The van der Waals surface area contributed by atoms with Gasteiger partial charge >= 0.3 is 5.97 Å². The molecule has 0 aromatic heterocycles. The van der Waals surface area contributed by atoms with Crippen LogP contribution in [0, 0.1) is 0 Å². The molecule has 0 amide bonds. The third kappa shape index (κ3) is 2.52. The molecule has 0 unspecified atom stereocenters. The molecule has 1 aromatic rings. The monoisotopic (exact) mass is 242 g/mol. The Hall–Kier alpha value is -2.11. The maximum atomic E-state index is 12.7. The van der Waals surface area contributed by atoms with Crippen LogP contribution in [-0.2, 0) is 11.5 Å². The number of ether oxygens (including phenoxy) is 2. The molecule has 1 aromatic carbocycles. The predicted octanol–water partition coefficient (Wildman–Crippen LogP) is 1.44. The Kier molecular flexibility index (Phi) is 4.03. The lowest BCUT2D eigenvalue weighted by atomic mass is 10.1. The van der Waals surface area contributed by atoms with Gasteiger partial charge in [0.1, 0.15) is 6.67 Å². The van der Waals surface area contributed by atoms with Crippen molar-refractivity contribution in [2.24, 2.45) is 0 Å². The summed E-state index contributed by atoms with van der Waals surface area (Å²) in [5.41, 5.74) is -0.0840. The molecule has 0 aliphatic heterocycles. The SMILES string of the molecule is COc1cc(C(=O)C(=O)O)cc(CF)c1OC. The number of alkyl halides is 1. The zero-order valence-corrected chi connectivity index (χ0v) is 9.32. The van der Waals surface area contributed by atoms with E-state index in [1.807, 2.05) is 0 Å². The van der Waals surface area contributed by atoms with Gasteiger partial charge in [-0.2, -0.15) is 0 Å². The van der Waals surface area contributed by atoms with E-state index in [4.69, 9.17) is 14.6 Å². The summed E-state index contributed by atoms with van der Waals surface area (Å²) in [7, 11) is 2.64. The van der Waals surface area contributed by atoms with E-state index in [2.05, 4.69) is 0 Å². The average molecular weight is 242 g/mol. The Morgan fingerprint density at radius 1 is 1.29 bits per heavy atom. The van der Waals surface area contributed by atoms with E-state index in [1.54, 1.807) is 0 Å². The molecule has 0 atom stereocenters. The fraction of sp³-hybridized carbons (Fsp3) is 0.273. The van der Waals surface area contributed by atoms with Gasteiger partial charge < -0.3 is 14.6 Å². The number of aliphatic carboxylic acids is 1. The van der Waals surface area contributed by atoms with Crippen LogP contribution in [0.4, 0.5) is 4.39 Å². The fourth-order valence-electron chi connectivity index (χ4n) is 1.40. The summed E-state index contributed by atoms with van der Waals surface area (Å²) < 4.78 is 22.6. The molecule has 0 bridgehead atoms. The zero-order chi connectivity index (χ0) is 13.0. The second-order valence-electron chi connectivity index (χ2n) is 3.14. The van der Waals surface area contributed by atoms with Gasteiger partial charge in [0.15, 0.2) is 11.5 Å². The first-order chi connectivity index (χ1) is 8.04. The largest absolute Gasteiger partial charge is 0.493 e. The van der Waals surface area contributed by atoms with Gasteiger partial charge in [0.2, 0.25) is 0 Å². The molecule has 0 radical (unpaired) electrons. The molecule has 17 heavy (non-hydrogen) atoms. The summed E-state index contributed by atoms with van der Waals surface area (Å²) in [6.07, 6.45) is 0. The van der Waals surface area contributed by atoms with Crippen LogP contribution >= 0.6 is 0 Å². The number of methoxy groups -OCH3 is 2. The first kappa shape index (κ1) is 13.0. The van der Waals surface area contributed by atoms with E-state index in [-0.39, 0.29) is 22.6 Å². The van der Waals surface area contributed by atoms with E-state index in [0.29, 0.717) is 0 Å². The van der Waals surface area contributed by atoms with Crippen LogP contribution in [0.1, 0.15) is 15.9 Å². The van der Waals surface area contributed by atoms with Gasteiger partial charge in [-0.25, -0.2) is 9.18 Å². The number of carbonyl (C=O) groups excluding carboxylic acids is 1. The Bertz CT molecular complexity index is 430. The number of carboxylic acids is 1. The molecule has 5 nitrogen and oxygen atoms in total. The number of Topliss-reactive ketones (excluding diaryl/α,β-unsaturated/α-hetero) is 1. The normalized spacial score (nSPS) is 9.82. The highest BCUT2D eigenvalue weighted by Gasteiger charge is 2.20. The summed E-state index contributed by atoms with van der Waals surface area (Å²) >= 11 is 0. The second kappa shape index (κ2) is 5.29. The number of hydrogen-bond acceptors (Lipinski definition) is 4. The number of halogens is 1. The van der Waals surface area contributed by atoms with Gasteiger partial charge in [0, 0.05) is 11.1 Å². The van der Waals surface area contributed by atoms with E-state index in [0.717, 1.165) is 6.07 Å². The highest BCUT2D eigenvalue weighted by molar-refractivity contribution is 6.40. The highest BCUT2D eigenvalue weighted by Crippen LogP contribution is 2.33. The minimum atomic E-state index is -1.61. The van der Waals surface area contributed by atoms with Gasteiger partial charge in [-0.3, -0.25) is 4.79 Å². The second-order valence-corrected chi connectivity index (χ2v) is 3.14.